The molecule has 3 aromatic rings. The molecule has 1 aliphatic rings. The Morgan fingerprint density at radius 3 is 2.86 bits per heavy atom. The molecule has 0 saturated carbocycles. The number of ether oxygens (including phenoxy) is 2. The lowest BCUT2D eigenvalue weighted by Gasteiger charge is -2.24. The van der Waals surface area contributed by atoms with Gasteiger partial charge in [0.1, 0.15) is 21.2 Å². The normalized spacial score (nSPS) is 14.0. The number of fused-ring (bicyclic) bond motifs is 2. The number of carbonyl (C=O) groups is 1. The third-order valence-corrected chi connectivity index (χ3v) is 6.04. The fourth-order valence-electron chi connectivity index (χ4n) is 3.40. The van der Waals surface area contributed by atoms with Crippen LogP contribution in [0.2, 0.25) is 0 Å². The Balaban J connectivity index is 1.69. The van der Waals surface area contributed by atoms with E-state index in [4.69, 9.17) is 20.2 Å². The van der Waals surface area contributed by atoms with Crippen LogP contribution in [-0.4, -0.2) is 43.6 Å². The monoisotopic (exact) mass is 398 g/mol. The van der Waals surface area contributed by atoms with E-state index in [0.29, 0.717) is 27.8 Å². The number of nitrogen functional groups attached to an aromatic ring is 1. The number of amides is 1. The summed E-state index contributed by atoms with van der Waals surface area (Å²) >= 11 is 1.31. The number of nitrogens with one attached hydrogen (secondary N) is 1. The van der Waals surface area contributed by atoms with Gasteiger partial charge in [0, 0.05) is 36.7 Å². The van der Waals surface area contributed by atoms with Gasteiger partial charge in [0.15, 0.2) is 0 Å². The second kappa shape index (κ2) is 7.29. The summed E-state index contributed by atoms with van der Waals surface area (Å²) in [4.78, 5) is 21.2. The lowest BCUT2D eigenvalue weighted by molar-refractivity contribution is 0.103. The minimum atomic E-state index is -0.290. The zero-order valence-corrected chi connectivity index (χ0v) is 16.9. The first-order valence-corrected chi connectivity index (χ1v) is 9.74. The average molecular weight is 398 g/mol. The number of methoxy groups -OCH3 is 2. The molecule has 28 heavy (non-hydrogen) atoms. The maximum Gasteiger partial charge on any atom is 0.268 e. The molecule has 2 aromatic heterocycles. The summed E-state index contributed by atoms with van der Waals surface area (Å²) in [6.07, 6.45) is 0.905. The summed E-state index contributed by atoms with van der Waals surface area (Å²) in [7, 11) is 5.21. The number of aromatic nitrogens is 1. The molecule has 0 bridgehead atoms. The minimum Gasteiger partial charge on any atom is -0.497 e. The number of likely N-dealkylation sites (N-methyl/N-ethyl adjacent to an activating group) is 1. The van der Waals surface area contributed by atoms with Gasteiger partial charge in [-0.15, -0.1) is 11.3 Å². The van der Waals surface area contributed by atoms with E-state index >= 15 is 0 Å². The third kappa shape index (κ3) is 3.25. The van der Waals surface area contributed by atoms with E-state index in [1.54, 1.807) is 32.4 Å². The van der Waals surface area contributed by atoms with E-state index in [1.807, 2.05) is 0 Å². The first kappa shape index (κ1) is 18.5. The number of pyridine rings is 1. The van der Waals surface area contributed by atoms with Gasteiger partial charge in [-0.3, -0.25) is 4.79 Å². The second-order valence-electron chi connectivity index (χ2n) is 6.80. The van der Waals surface area contributed by atoms with Crippen LogP contribution >= 0.6 is 11.3 Å². The van der Waals surface area contributed by atoms with E-state index in [2.05, 4.69) is 23.3 Å². The van der Waals surface area contributed by atoms with Gasteiger partial charge in [-0.05, 0) is 30.8 Å². The van der Waals surface area contributed by atoms with Crippen molar-refractivity contribution >= 4 is 38.8 Å². The average Bonchev–Trinajstić information content (AvgIpc) is 3.02. The summed E-state index contributed by atoms with van der Waals surface area (Å²) in [5.41, 5.74) is 9.58. The van der Waals surface area contributed by atoms with Crippen molar-refractivity contribution in [2.45, 2.75) is 13.0 Å². The van der Waals surface area contributed by atoms with E-state index in [-0.39, 0.29) is 5.91 Å². The Labute approximate surface area is 167 Å². The standard InChI is InChI=1S/C20H22N4O3S/c1-24-7-6-14-11(10-24)8-13-17(21)18(28-20(13)23-14)19(25)22-15-9-12(26-2)4-5-16(15)27-3/h4-5,8-9H,6-7,10,21H2,1-3H3,(H,22,25). The third-order valence-electron chi connectivity index (χ3n) is 4.92. The number of hydrogen-bond donors (Lipinski definition) is 2. The van der Waals surface area contributed by atoms with Gasteiger partial charge in [-0.25, -0.2) is 4.98 Å². The van der Waals surface area contributed by atoms with Crippen molar-refractivity contribution in [1.82, 2.24) is 9.88 Å². The van der Waals surface area contributed by atoms with Crippen LogP contribution < -0.4 is 20.5 Å². The van der Waals surface area contributed by atoms with Crippen LogP contribution in [0.25, 0.3) is 10.2 Å². The fraction of sp³-hybridized carbons (Fsp3) is 0.300. The summed E-state index contributed by atoms with van der Waals surface area (Å²) in [6, 6.07) is 7.30. The molecule has 8 heteroatoms. The first-order valence-electron chi connectivity index (χ1n) is 8.93. The molecule has 0 aliphatic carbocycles. The molecule has 7 nitrogen and oxygen atoms in total. The van der Waals surface area contributed by atoms with Crippen LogP contribution in [0.1, 0.15) is 20.9 Å². The number of thiophene rings is 1. The molecule has 0 atom stereocenters. The highest BCUT2D eigenvalue weighted by atomic mass is 32.1. The van der Waals surface area contributed by atoms with Crippen molar-refractivity contribution in [3.05, 3.63) is 40.4 Å². The van der Waals surface area contributed by atoms with Gasteiger partial charge < -0.3 is 25.4 Å². The molecular weight excluding hydrogens is 376 g/mol. The number of nitrogens with two attached hydrogens (primary N) is 1. The number of benzene rings is 1. The minimum absolute atomic E-state index is 0.290. The predicted molar refractivity (Wildman–Crippen MR) is 112 cm³/mol. The van der Waals surface area contributed by atoms with E-state index < -0.39 is 0 Å². The molecule has 0 spiro atoms. The first-order chi connectivity index (χ1) is 13.5. The van der Waals surface area contributed by atoms with Gasteiger partial charge in [0.25, 0.3) is 5.91 Å². The highest BCUT2D eigenvalue weighted by Gasteiger charge is 2.22. The zero-order valence-electron chi connectivity index (χ0n) is 16.0. The summed E-state index contributed by atoms with van der Waals surface area (Å²) < 4.78 is 10.6. The topological polar surface area (TPSA) is 89.7 Å². The number of carbonyl (C=O) groups excluding carboxylic acids is 1. The summed E-state index contributed by atoms with van der Waals surface area (Å²) in [5, 5.41) is 3.72. The number of nitrogens with zero attached hydrogens (tertiary/aromatic N) is 2. The highest BCUT2D eigenvalue weighted by Crippen LogP contribution is 2.36. The van der Waals surface area contributed by atoms with Crippen molar-refractivity contribution in [2.24, 2.45) is 0 Å². The van der Waals surface area contributed by atoms with E-state index in [1.165, 1.54) is 16.9 Å². The molecule has 0 fully saturated rings. The number of rotatable bonds is 4. The SMILES string of the molecule is COc1ccc(OC)c(NC(=O)c2sc3nc4c(cc3c2N)CN(C)CC4)c1. The van der Waals surface area contributed by atoms with Gasteiger partial charge >= 0.3 is 0 Å². The molecule has 0 radical (unpaired) electrons. The quantitative estimate of drug-likeness (QED) is 0.702. The lowest BCUT2D eigenvalue weighted by Crippen LogP contribution is -2.27. The van der Waals surface area contributed by atoms with Gasteiger partial charge in [-0.2, -0.15) is 0 Å². The Morgan fingerprint density at radius 2 is 2.11 bits per heavy atom. The van der Waals surface area contributed by atoms with Crippen molar-refractivity contribution in [1.29, 1.82) is 0 Å². The molecule has 1 aromatic carbocycles. The number of hydrogen-bond acceptors (Lipinski definition) is 7. The maximum atomic E-state index is 12.9. The van der Waals surface area contributed by atoms with Crippen LogP contribution in [-0.2, 0) is 13.0 Å². The van der Waals surface area contributed by atoms with Crippen LogP contribution in [0.15, 0.2) is 24.3 Å². The molecule has 4 rings (SSSR count). The molecule has 146 valence electrons. The van der Waals surface area contributed by atoms with Crippen molar-refractivity contribution < 1.29 is 14.3 Å². The van der Waals surface area contributed by atoms with Crippen LogP contribution in [0.4, 0.5) is 11.4 Å². The molecular formula is C20H22N4O3S. The molecule has 0 unspecified atom stereocenters. The van der Waals surface area contributed by atoms with Crippen molar-refractivity contribution in [2.75, 3.05) is 38.9 Å². The highest BCUT2D eigenvalue weighted by molar-refractivity contribution is 7.21. The largest absolute Gasteiger partial charge is 0.497 e. The van der Waals surface area contributed by atoms with Crippen LogP contribution in [0.5, 0.6) is 11.5 Å². The van der Waals surface area contributed by atoms with E-state index in [0.717, 1.165) is 35.4 Å². The second-order valence-corrected chi connectivity index (χ2v) is 7.80. The molecule has 1 aliphatic heterocycles. The predicted octanol–water partition coefficient (Wildman–Crippen LogP) is 3.14. The maximum absolute atomic E-state index is 12.9. The Bertz CT molecular complexity index is 1060. The van der Waals surface area contributed by atoms with Gasteiger partial charge in [0.05, 0.1) is 25.6 Å². The summed E-state index contributed by atoms with van der Waals surface area (Å²) in [6.45, 7) is 1.82. The molecule has 0 saturated heterocycles. The van der Waals surface area contributed by atoms with Crippen LogP contribution in [0.3, 0.4) is 0 Å². The summed E-state index contributed by atoms with van der Waals surface area (Å²) in [5.74, 6) is 0.881. The van der Waals surface area contributed by atoms with Gasteiger partial charge in [0.2, 0.25) is 0 Å². The Morgan fingerprint density at radius 1 is 1.29 bits per heavy atom. The smallest absolute Gasteiger partial charge is 0.268 e. The van der Waals surface area contributed by atoms with Crippen LogP contribution in [0, 0.1) is 0 Å². The molecule has 1 amide bonds. The van der Waals surface area contributed by atoms with Crippen molar-refractivity contribution in [3.63, 3.8) is 0 Å². The molecule has 3 heterocycles. The number of anilines is 2. The molecule has 3 N–H and O–H groups in total. The van der Waals surface area contributed by atoms with Crippen molar-refractivity contribution in [3.8, 4) is 11.5 Å². The Hall–Kier alpha value is -2.84. The lowest BCUT2D eigenvalue weighted by atomic mass is 10.0. The zero-order chi connectivity index (χ0) is 19.8. The van der Waals surface area contributed by atoms with Gasteiger partial charge in [-0.1, -0.05) is 0 Å². The Kier molecular flexibility index (Phi) is 4.82. The van der Waals surface area contributed by atoms with E-state index in [9.17, 15) is 4.79 Å². The fourth-order valence-corrected chi connectivity index (χ4v) is 4.39.